The predicted molar refractivity (Wildman–Crippen MR) is 152 cm³/mol. The summed E-state index contributed by atoms with van der Waals surface area (Å²) in [5.74, 6) is -1.65. The van der Waals surface area contributed by atoms with Crippen molar-refractivity contribution < 1.29 is 37.4 Å². The molecule has 3 N–H and O–H groups in total. The number of fused-ring (bicyclic) bond motifs is 1. The first-order valence-electron chi connectivity index (χ1n) is 13.5. The lowest BCUT2D eigenvalue weighted by atomic mass is 9.93. The second kappa shape index (κ2) is 12.9. The third kappa shape index (κ3) is 7.93. The molecule has 0 spiro atoms. The Balaban J connectivity index is 1.52. The summed E-state index contributed by atoms with van der Waals surface area (Å²) in [5.41, 5.74) is -2.16. The topological polar surface area (TPSA) is 158 Å². The molecule has 5 atom stereocenters. The number of esters is 1. The molecule has 42 heavy (non-hydrogen) atoms. The number of carbonyl (C=O) groups excluding carboxylic acids is 1. The number of rotatable bonds is 11. The molecule has 1 aromatic heterocycles. The number of hydrogen-bond acceptors (Lipinski definition) is 9. The van der Waals surface area contributed by atoms with Crippen molar-refractivity contribution in [2.45, 2.75) is 65.0 Å². The van der Waals surface area contributed by atoms with Crippen LogP contribution < -0.4 is 20.9 Å². The summed E-state index contributed by atoms with van der Waals surface area (Å²) >= 11 is 0. The van der Waals surface area contributed by atoms with Crippen LogP contribution in [0.1, 0.15) is 46.8 Å². The second-order valence-corrected chi connectivity index (χ2v) is 13.0. The predicted octanol–water partition coefficient (Wildman–Crippen LogP) is 3.64. The van der Waals surface area contributed by atoms with E-state index in [4.69, 9.17) is 18.5 Å². The molecular formula is C28H35FN3O9P. The van der Waals surface area contributed by atoms with Gasteiger partial charge in [-0.25, -0.2) is 9.36 Å². The zero-order chi connectivity index (χ0) is 30.7. The van der Waals surface area contributed by atoms with E-state index in [1.54, 1.807) is 24.3 Å². The zero-order valence-corrected chi connectivity index (χ0v) is 24.6. The van der Waals surface area contributed by atoms with Crippen molar-refractivity contribution in [1.82, 2.24) is 14.6 Å². The summed E-state index contributed by atoms with van der Waals surface area (Å²) in [6.45, 7) is 7.16. The minimum atomic E-state index is -4.33. The van der Waals surface area contributed by atoms with E-state index < -0.39 is 61.9 Å². The van der Waals surface area contributed by atoms with Gasteiger partial charge in [0.2, 0.25) is 5.82 Å². The average molecular weight is 608 g/mol. The fourth-order valence-electron chi connectivity index (χ4n) is 4.25. The fourth-order valence-corrected chi connectivity index (χ4v) is 5.77. The Morgan fingerprint density at radius 2 is 1.95 bits per heavy atom. The monoisotopic (exact) mass is 607 g/mol. The molecule has 1 aliphatic heterocycles. The van der Waals surface area contributed by atoms with E-state index in [0.29, 0.717) is 18.0 Å². The largest absolute Gasteiger partial charge is 0.465 e. The van der Waals surface area contributed by atoms with Gasteiger partial charge in [-0.1, -0.05) is 57.2 Å². The van der Waals surface area contributed by atoms with Crippen LogP contribution in [0.2, 0.25) is 0 Å². The number of nitrogens with one attached hydrogen (secondary N) is 2. The number of aromatic nitrogens is 2. The van der Waals surface area contributed by atoms with Crippen molar-refractivity contribution in [1.29, 1.82) is 0 Å². The van der Waals surface area contributed by atoms with Gasteiger partial charge in [0.05, 0.1) is 25.5 Å². The highest BCUT2D eigenvalue weighted by atomic mass is 31.2. The van der Waals surface area contributed by atoms with Crippen molar-refractivity contribution in [3.05, 3.63) is 75.3 Å². The minimum Gasteiger partial charge on any atom is -0.465 e. The molecule has 0 aliphatic carbocycles. The zero-order valence-electron chi connectivity index (χ0n) is 23.7. The molecule has 14 heteroatoms. The molecule has 1 unspecified atom stereocenters. The molecule has 0 bridgehead atoms. The summed E-state index contributed by atoms with van der Waals surface area (Å²) in [6, 6.07) is 11.3. The average Bonchev–Trinajstić information content (AvgIpc) is 3.29. The Kier molecular flexibility index (Phi) is 9.69. The minimum absolute atomic E-state index is 0.0568. The maximum Gasteiger partial charge on any atom is 0.459 e. The molecule has 228 valence electrons. The summed E-state index contributed by atoms with van der Waals surface area (Å²) in [4.78, 5) is 38.1. The van der Waals surface area contributed by atoms with E-state index in [-0.39, 0.29) is 24.2 Å². The van der Waals surface area contributed by atoms with Crippen LogP contribution >= 0.6 is 7.75 Å². The smallest absolute Gasteiger partial charge is 0.459 e. The molecule has 0 amide bonds. The number of H-pyrrole nitrogens is 1. The van der Waals surface area contributed by atoms with Crippen molar-refractivity contribution in [2.24, 2.45) is 5.41 Å². The van der Waals surface area contributed by atoms with Crippen molar-refractivity contribution in [2.75, 3.05) is 13.2 Å². The first-order chi connectivity index (χ1) is 19.7. The van der Waals surface area contributed by atoms with Gasteiger partial charge in [0.1, 0.15) is 24.1 Å². The number of aliphatic hydroxyl groups is 1. The summed E-state index contributed by atoms with van der Waals surface area (Å²) in [7, 11) is -4.33. The number of benzene rings is 2. The SMILES string of the molecule is C[C@H](NP(=O)(OC[C@H]1O[C@@H](n2cc(F)c(=O)[nH]c2=O)C[C@@H]1O)Oc1cccc2ccccc12)C(=O)OCCC(C)(C)C. The van der Waals surface area contributed by atoms with Crippen LogP contribution in [0.15, 0.2) is 58.3 Å². The number of hydrogen-bond donors (Lipinski definition) is 3. The van der Waals surface area contributed by atoms with Gasteiger partial charge in [0.25, 0.3) is 5.56 Å². The van der Waals surface area contributed by atoms with Gasteiger partial charge in [-0.15, -0.1) is 0 Å². The molecule has 1 aliphatic rings. The van der Waals surface area contributed by atoms with E-state index in [1.807, 2.05) is 44.0 Å². The van der Waals surface area contributed by atoms with E-state index in [0.717, 1.165) is 9.95 Å². The third-order valence-corrected chi connectivity index (χ3v) is 8.25. The maximum absolute atomic E-state index is 14.1. The fraction of sp³-hybridized carbons (Fsp3) is 0.464. The Morgan fingerprint density at radius 3 is 2.69 bits per heavy atom. The molecule has 1 fully saturated rings. The molecular weight excluding hydrogens is 572 g/mol. The summed E-state index contributed by atoms with van der Waals surface area (Å²) in [5, 5.41) is 14.7. The van der Waals surface area contributed by atoms with Crippen molar-refractivity contribution in [3.63, 3.8) is 0 Å². The first-order valence-corrected chi connectivity index (χ1v) is 15.0. The Morgan fingerprint density at radius 1 is 1.24 bits per heavy atom. The normalized spacial score (nSPS) is 21.1. The van der Waals surface area contributed by atoms with Gasteiger partial charge in [0, 0.05) is 11.8 Å². The van der Waals surface area contributed by atoms with Gasteiger partial charge in [-0.05, 0) is 30.2 Å². The van der Waals surface area contributed by atoms with Crippen LogP contribution in [-0.4, -0.2) is 52.1 Å². The summed E-state index contributed by atoms with van der Waals surface area (Å²) in [6.07, 6.45) is -2.29. The van der Waals surface area contributed by atoms with Crippen LogP contribution in [-0.2, 0) is 23.4 Å². The Bertz CT molecular complexity index is 1580. The molecule has 0 saturated carbocycles. The molecule has 0 radical (unpaired) electrons. The van der Waals surface area contributed by atoms with Gasteiger partial charge < -0.3 is 19.1 Å². The highest BCUT2D eigenvalue weighted by Crippen LogP contribution is 2.47. The molecule has 12 nitrogen and oxygen atoms in total. The number of ether oxygens (including phenoxy) is 2. The Labute approximate surface area is 241 Å². The van der Waals surface area contributed by atoms with Gasteiger partial charge in [0.15, 0.2) is 0 Å². The van der Waals surface area contributed by atoms with Crippen molar-refractivity contribution in [3.8, 4) is 5.75 Å². The number of nitrogens with zero attached hydrogens (tertiary/aromatic N) is 1. The second-order valence-electron chi connectivity index (χ2n) is 11.3. The van der Waals surface area contributed by atoms with Crippen LogP contribution in [0, 0.1) is 11.2 Å². The number of carbonyl (C=O) groups is 1. The van der Waals surface area contributed by atoms with Crippen LogP contribution in [0.5, 0.6) is 5.75 Å². The van der Waals surface area contributed by atoms with E-state index in [1.165, 1.54) is 6.92 Å². The summed E-state index contributed by atoms with van der Waals surface area (Å²) < 4.78 is 51.3. The van der Waals surface area contributed by atoms with Crippen LogP contribution in [0.25, 0.3) is 10.8 Å². The van der Waals surface area contributed by atoms with E-state index in [9.17, 15) is 28.4 Å². The quantitative estimate of drug-likeness (QED) is 0.217. The highest BCUT2D eigenvalue weighted by Gasteiger charge is 2.40. The lowest BCUT2D eigenvalue weighted by molar-refractivity contribution is -0.146. The first kappa shape index (κ1) is 31.6. The van der Waals surface area contributed by atoms with Gasteiger partial charge in [-0.2, -0.15) is 9.48 Å². The number of aromatic amines is 1. The van der Waals surface area contributed by atoms with Crippen molar-refractivity contribution >= 4 is 24.5 Å². The molecule has 2 aromatic carbocycles. The molecule has 3 aromatic rings. The Hall–Kier alpha value is -3.35. The van der Waals surface area contributed by atoms with Gasteiger partial charge >= 0.3 is 19.4 Å². The van der Waals surface area contributed by atoms with Crippen LogP contribution in [0.4, 0.5) is 4.39 Å². The van der Waals surface area contributed by atoms with E-state index >= 15 is 0 Å². The highest BCUT2D eigenvalue weighted by molar-refractivity contribution is 7.52. The number of aliphatic hydroxyl groups excluding tert-OH is 1. The third-order valence-electron chi connectivity index (χ3n) is 6.62. The van der Waals surface area contributed by atoms with Gasteiger partial charge in [-0.3, -0.25) is 23.7 Å². The molecule has 1 saturated heterocycles. The van der Waals surface area contributed by atoms with E-state index in [2.05, 4.69) is 5.09 Å². The standard InChI is InChI=1S/C28H35FN3O9P/c1-17(26(35)38-13-12-28(2,3)4)31-42(37,41-22-11-7-9-18-8-5-6-10-19(18)22)39-16-23-21(33)14-24(40-23)32-15-20(29)25(34)30-27(32)36/h5-11,15,17,21,23-24,33H,12-14,16H2,1-4H3,(H,31,37)(H,30,34,36)/t17-,21-,23+,24+,42?/m0/s1. The number of halogens is 1. The lowest BCUT2D eigenvalue weighted by Gasteiger charge is -2.25. The lowest BCUT2D eigenvalue weighted by Crippen LogP contribution is -2.37. The van der Waals surface area contributed by atoms with Crippen LogP contribution in [0.3, 0.4) is 0 Å². The molecule has 4 rings (SSSR count). The maximum atomic E-state index is 14.1. The molecule has 2 heterocycles.